The minimum Gasteiger partial charge on any atom is -0.497 e. The van der Waals surface area contributed by atoms with Gasteiger partial charge < -0.3 is 9.15 Å². The first-order valence-electron chi connectivity index (χ1n) is 6.80. The standard InChI is InChI=1S/C17H12N2O3/c1-21-12-5-6-15-11(8-12)9-13(17(20)22-15)14-10-18-16-4-2-3-7-19(14)16/h2-10H,1H3. The fourth-order valence-electron chi connectivity index (χ4n) is 2.54. The molecule has 0 aliphatic heterocycles. The molecule has 0 bridgehead atoms. The van der Waals surface area contributed by atoms with E-state index in [2.05, 4.69) is 4.98 Å². The minimum absolute atomic E-state index is 0.386. The predicted molar refractivity (Wildman–Crippen MR) is 83.2 cm³/mol. The summed E-state index contributed by atoms with van der Waals surface area (Å²) in [4.78, 5) is 16.6. The molecule has 22 heavy (non-hydrogen) atoms. The van der Waals surface area contributed by atoms with E-state index in [1.165, 1.54) is 0 Å². The van der Waals surface area contributed by atoms with Gasteiger partial charge in [-0.3, -0.25) is 4.40 Å². The average Bonchev–Trinajstić information content (AvgIpc) is 2.97. The topological polar surface area (TPSA) is 56.7 Å². The van der Waals surface area contributed by atoms with Crippen molar-refractivity contribution in [1.82, 2.24) is 9.38 Å². The van der Waals surface area contributed by atoms with Crippen LogP contribution in [0.3, 0.4) is 0 Å². The lowest BCUT2D eigenvalue weighted by Gasteiger charge is -2.04. The lowest BCUT2D eigenvalue weighted by Crippen LogP contribution is -2.04. The molecule has 0 spiro atoms. The number of hydrogen-bond donors (Lipinski definition) is 0. The zero-order chi connectivity index (χ0) is 15.1. The number of fused-ring (bicyclic) bond motifs is 2. The Hall–Kier alpha value is -3.08. The number of nitrogens with zero attached hydrogens (tertiary/aromatic N) is 2. The van der Waals surface area contributed by atoms with Gasteiger partial charge in [0.2, 0.25) is 0 Å². The summed E-state index contributed by atoms with van der Waals surface area (Å²) in [6, 6.07) is 12.8. The van der Waals surface area contributed by atoms with Gasteiger partial charge >= 0.3 is 5.63 Å². The van der Waals surface area contributed by atoms with Crippen LogP contribution in [-0.2, 0) is 0 Å². The number of hydrogen-bond acceptors (Lipinski definition) is 4. The molecule has 4 rings (SSSR count). The van der Waals surface area contributed by atoms with E-state index in [1.54, 1.807) is 31.5 Å². The first-order chi connectivity index (χ1) is 10.8. The number of methoxy groups -OCH3 is 1. The van der Waals surface area contributed by atoms with Crippen LogP contribution in [0.25, 0.3) is 27.9 Å². The van der Waals surface area contributed by atoms with Gasteiger partial charge in [-0.15, -0.1) is 0 Å². The van der Waals surface area contributed by atoms with Gasteiger partial charge in [-0.25, -0.2) is 9.78 Å². The maximum atomic E-state index is 12.3. The first kappa shape index (κ1) is 12.6. The van der Waals surface area contributed by atoms with Gasteiger partial charge in [0.25, 0.3) is 0 Å². The first-order valence-corrected chi connectivity index (χ1v) is 6.80. The third-order valence-corrected chi connectivity index (χ3v) is 3.63. The second-order valence-electron chi connectivity index (χ2n) is 4.92. The molecule has 0 N–H and O–H groups in total. The Labute approximate surface area is 125 Å². The van der Waals surface area contributed by atoms with Crippen LogP contribution in [0.15, 0.2) is 64.1 Å². The molecule has 5 heteroatoms. The monoisotopic (exact) mass is 292 g/mol. The number of benzene rings is 1. The van der Waals surface area contributed by atoms with Crippen LogP contribution >= 0.6 is 0 Å². The van der Waals surface area contributed by atoms with Crippen molar-refractivity contribution < 1.29 is 9.15 Å². The van der Waals surface area contributed by atoms with Crippen LogP contribution in [-0.4, -0.2) is 16.5 Å². The Balaban J connectivity index is 2.01. The van der Waals surface area contributed by atoms with Gasteiger partial charge in [0, 0.05) is 11.6 Å². The van der Waals surface area contributed by atoms with Crippen molar-refractivity contribution in [3.05, 3.63) is 65.3 Å². The molecule has 1 aromatic carbocycles. The molecule has 3 heterocycles. The molecule has 108 valence electrons. The molecule has 4 aromatic rings. The van der Waals surface area contributed by atoms with Crippen LogP contribution in [0.4, 0.5) is 0 Å². The minimum atomic E-state index is -0.386. The van der Waals surface area contributed by atoms with Crippen molar-refractivity contribution in [2.24, 2.45) is 0 Å². The molecular weight excluding hydrogens is 280 g/mol. The van der Waals surface area contributed by atoms with E-state index >= 15 is 0 Å². The highest BCUT2D eigenvalue weighted by molar-refractivity contribution is 5.82. The zero-order valence-corrected chi connectivity index (χ0v) is 11.8. The molecule has 0 aliphatic rings. The van der Waals surface area contributed by atoms with Crippen LogP contribution in [0.1, 0.15) is 0 Å². The fourth-order valence-corrected chi connectivity index (χ4v) is 2.54. The highest BCUT2D eigenvalue weighted by Crippen LogP contribution is 2.24. The second-order valence-corrected chi connectivity index (χ2v) is 4.92. The zero-order valence-electron chi connectivity index (χ0n) is 11.8. The van der Waals surface area contributed by atoms with Gasteiger partial charge in [-0.2, -0.15) is 0 Å². The van der Waals surface area contributed by atoms with Crippen LogP contribution < -0.4 is 10.4 Å². The number of imidazole rings is 1. The number of pyridine rings is 1. The summed E-state index contributed by atoms with van der Waals surface area (Å²) in [6.07, 6.45) is 3.54. The average molecular weight is 292 g/mol. The van der Waals surface area contributed by atoms with Crippen LogP contribution in [0.2, 0.25) is 0 Å². The summed E-state index contributed by atoms with van der Waals surface area (Å²) in [5, 5.41) is 0.805. The van der Waals surface area contributed by atoms with Crippen LogP contribution in [0, 0.1) is 0 Å². The van der Waals surface area contributed by atoms with E-state index in [9.17, 15) is 4.79 Å². The molecule has 0 radical (unpaired) electrons. The maximum absolute atomic E-state index is 12.3. The highest BCUT2D eigenvalue weighted by atomic mass is 16.5. The molecule has 0 aliphatic carbocycles. The molecular formula is C17H12N2O3. The largest absolute Gasteiger partial charge is 0.497 e. The van der Waals surface area contributed by atoms with Gasteiger partial charge in [0.15, 0.2) is 0 Å². The second kappa shape index (κ2) is 4.73. The van der Waals surface area contributed by atoms with E-state index in [-0.39, 0.29) is 5.63 Å². The fraction of sp³-hybridized carbons (Fsp3) is 0.0588. The van der Waals surface area contributed by atoms with Crippen molar-refractivity contribution in [3.63, 3.8) is 0 Å². The Kier molecular flexibility index (Phi) is 2.72. The lowest BCUT2D eigenvalue weighted by atomic mass is 10.1. The lowest BCUT2D eigenvalue weighted by molar-refractivity contribution is 0.415. The summed E-state index contributed by atoms with van der Waals surface area (Å²) in [7, 11) is 1.60. The van der Waals surface area contributed by atoms with E-state index in [0.29, 0.717) is 22.6 Å². The number of aromatic nitrogens is 2. The highest BCUT2D eigenvalue weighted by Gasteiger charge is 2.12. The van der Waals surface area contributed by atoms with Crippen LogP contribution in [0.5, 0.6) is 5.75 Å². The Morgan fingerprint density at radius 3 is 2.95 bits per heavy atom. The quantitative estimate of drug-likeness (QED) is 0.533. The van der Waals surface area contributed by atoms with Crippen molar-refractivity contribution in [2.45, 2.75) is 0 Å². The number of ether oxygens (including phenoxy) is 1. The van der Waals surface area contributed by atoms with Gasteiger partial charge in [0.05, 0.1) is 24.6 Å². The van der Waals surface area contributed by atoms with Crippen molar-refractivity contribution in [3.8, 4) is 17.0 Å². The Morgan fingerprint density at radius 2 is 2.09 bits per heavy atom. The van der Waals surface area contributed by atoms with E-state index in [0.717, 1.165) is 11.0 Å². The van der Waals surface area contributed by atoms with Gasteiger partial charge in [0.1, 0.15) is 17.0 Å². The van der Waals surface area contributed by atoms with Crippen molar-refractivity contribution in [2.75, 3.05) is 7.11 Å². The third-order valence-electron chi connectivity index (χ3n) is 3.63. The summed E-state index contributed by atoms with van der Waals surface area (Å²) < 4.78 is 12.5. The maximum Gasteiger partial charge on any atom is 0.345 e. The summed E-state index contributed by atoms with van der Waals surface area (Å²) in [5.41, 5.74) is 2.10. The van der Waals surface area contributed by atoms with E-state index in [1.807, 2.05) is 34.9 Å². The summed E-state index contributed by atoms with van der Waals surface area (Å²) >= 11 is 0. The molecule has 3 aromatic heterocycles. The Morgan fingerprint density at radius 1 is 1.18 bits per heavy atom. The molecule has 0 saturated carbocycles. The molecule has 0 atom stereocenters. The molecule has 5 nitrogen and oxygen atoms in total. The van der Waals surface area contributed by atoms with Crippen molar-refractivity contribution >= 4 is 16.6 Å². The predicted octanol–water partition coefficient (Wildman–Crippen LogP) is 3.12. The Bertz CT molecular complexity index is 1050. The summed E-state index contributed by atoms with van der Waals surface area (Å²) in [5.74, 6) is 0.713. The SMILES string of the molecule is COc1ccc2oc(=O)c(-c3cnc4ccccn34)cc2c1. The van der Waals surface area contributed by atoms with E-state index in [4.69, 9.17) is 9.15 Å². The van der Waals surface area contributed by atoms with Gasteiger partial charge in [-0.1, -0.05) is 6.07 Å². The van der Waals surface area contributed by atoms with Crippen molar-refractivity contribution in [1.29, 1.82) is 0 Å². The van der Waals surface area contributed by atoms with E-state index < -0.39 is 0 Å². The normalized spacial score (nSPS) is 11.1. The summed E-state index contributed by atoms with van der Waals surface area (Å²) in [6.45, 7) is 0. The molecule has 0 amide bonds. The third kappa shape index (κ3) is 1.87. The van der Waals surface area contributed by atoms with Gasteiger partial charge in [-0.05, 0) is 36.4 Å². The molecule has 0 fully saturated rings. The molecule has 0 saturated heterocycles. The molecule has 0 unspecified atom stereocenters. The number of rotatable bonds is 2. The smallest absolute Gasteiger partial charge is 0.345 e.